The number of benzene rings is 1. The van der Waals surface area contributed by atoms with Crippen molar-refractivity contribution in [2.45, 2.75) is 6.10 Å². The molecule has 0 amide bonds. The summed E-state index contributed by atoms with van der Waals surface area (Å²) in [6.07, 6.45) is -0.531. The first-order valence-electron chi connectivity index (χ1n) is 3.92. The van der Waals surface area contributed by atoms with Crippen LogP contribution in [-0.2, 0) is 4.84 Å². The SMILES string of the molecule is COc1ccccc1C(CO)ON. The standard InChI is InChI=1S/C9H13NO3/c1-12-8-5-3-2-4-7(8)9(6-11)13-10/h2-5,9,11H,6,10H2,1H3. The summed E-state index contributed by atoms with van der Waals surface area (Å²) < 4.78 is 5.08. The predicted molar refractivity (Wildman–Crippen MR) is 48.1 cm³/mol. The van der Waals surface area contributed by atoms with E-state index >= 15 is 0 Å². The van der Waals surface area contributed by atoms with Gasteiger partial charge in [0.05, 0.1) is 13.7 Å². The average Bonchev–Trinajstić information content (AvgIpc) is 2.20. The van der Waals surface area contributed by atoms with Crippen molar-refractivity contribution < 1.29 is 14.7 Å². The Labute approximate surface area is 76.8 Å². The Kier molecular flexibility index (Phi) is 3.70. The molecule has 13 heavy (non-hydrogen) atoms. The van der Waals surface area contributed by atoms with Crippen LogP contribution in [0.25, 0.3) is 0 Å². The van der Waals surface area contributed by atoms with Crippen molar-refractivity contribution in [3.05, 3.63) is 29.8 Å². The molecule has 0 spiro atoms. The maximum atomic E-state index is 8.94. The molecule has 0 saturated heterocycles. The molecule has 3 N–H and O–H groups in total. The number of ether oxygens (including phenoxy) is 1. The van der Waals surface area contributed by atoms with Crippen molar-refractivity contribution >= 4 is 0 Å². The second kappa shape index (κ2) is 4.81. The van der Waals surface area contributed by atoms with E-state index in [1.165, 1.54) is 0 Å². The lowest BCUT2D eigenvalue weighted by atomic mass is 10.1. The Bertz CT molecular complexity index is 261. The van der Waals surface area contributed by atoms with Crippen LogP contribution in [0.3, 0.4) is 0 Å². The van der Waals surface area contributed by atoms with E-state index in [-0.39, 0.29) is 6.61 Å². The van der Waals surface area contributed by atoms with Gasteiger partial charge in [0.2, 0.25) is 0 Å². The quantitative estimate of drug-likeness (QED) is 0.671. The topological polar surface area (TPSA) is 64.7 Å². The van der Waals surface area contributed by atoms with E-state index in [2.05, 4.69) is 4.84 Å². The molecule has 1 aromatic carbocycles. The summed E-state index contributed by atoms with van der Waals surface area (Å²) in [6.45, 7) is -0.170. The molecule has 0 bridgehead atoms. The monoisotopic (exact) mass is 183 g/mol. The summed E-state index contributed by atoms with van der Waals surface area (Å²) in [6, 6.07) is 7.26. The van der Waals surface area contributed by atoms with E-state index in [0.29, 0.717) is 5.75 Å². The van der Waals surface area contributed by atoms with Gasteiger partial charge < -0.3 is 9.84 Å². The summed E-state index contributed by atoms with van der Waals surface area (Å²) in [5.41, 5.74) is 0.745. The van der Waals surface area contributed by atoms with Gasteiger partial charge in [0.15, 0.2) is 0 Å². The highest BCUT2D eigenvalue weighted by molar-refractivity contribution is 5.35. The third-order valence-corrected chi connectivity index (χ3v) is 1.82. The maximum Gasteiger partial charge on any atom is 0.130 e. The van der Waals surface area contributed by atoms with E-state index in [4.69, 9.17) is 15.7 Å². The van der Waals surface area contributed by atoms with Gasteiger partial charge >= 0.3 is 0 Å². The lowest BCUT2D eigenvalue weighted by molar-refractivity contribution is 0.00947. The fraction of sp³-hybridized carbons (Fsp3) is 0.333. The first-order chi connectivity index (χ1) is 6.33. The largest absolute Gasteiger partial charge is 0.496 e. The summed E-state index contributed by atoms with van der Waals surface area (Å²) in [4.78, 5) is 4.60. The molecule has 72 valence electrons. The number of rotatable bonds is 4. The Morgan fingerprint density at radius 3 is 2.69 bits per heavy atom. The van der Waals surface area contributed by atoms with Gasteiger partial charge in [-0.2, -0.15) is 0 Å². The number of para-hydroxylation sites is 1. The van der Waals surface area contributed by atoms with Crippen molar-refractivity contribution in [3.8, 4) is 5.75 Å². The zero-order chi connectivity index (χ0) is 9.68. The van der Waals surface area contributed by atoms with Gasteiger partial charge in [0.25, 0.3) is 0 Å². The van der Waals surface area contributed by atoms with Gasteiger partial charge in [0.1, 0.15) is 11.9 Å². The number of hydrogen-bond donors (Lipinski definition) is 2. The fourth-order valence-electron chi connectivity index (χ4n) is 1.15. The highest BCUT2D eigenvalue weighted by atomic mass is 16.6. The minimum absolute atomic E-state index is 0.170. The van der Waals surface area contributed by atoms with Gasteiger partial charge in [-0.05, 0) is 6.07 Å². The number of nitrogens with two attached hydrogens (primary N) is 1. The molecule has 0 aliphatic carbocycles. The zero-order valence-electron chi connectivity index (χ0n) is 7.43. The normalized spacial score (nSPS) is 12.5. The van der Waals surface area contributed by atoms with Crippen LogP contribution in [0.2, 0.25) is 0 Å². The van der Waals surface area contributed by atoms with Crippen LogP contribution < -0.4 is 10.6 Å². The molecule has 1 rings (SSSR count). The van der Waals surface area contributed by atoms with Crippen LogP contribution >= 0.6 is 0 Å². The minimum Gasteiger partial charge on any atom is -0.496 e. The second-order valence-electron chi connectivity index (χ2n) is 2.55. The van der Waals surface area contributed by atoms with Crippen molar-refractivity contribution in [2.24, 2.45) is 5.90 Å². The number of hydrogen-bond acceptors (Lipinski definition) is 4. The van der Waals surface area contributed by atoms with Gasteiger partial charge in [-0.1, -0.05) is 18.2 Å². The fourth-order valence-corrected chi connectivity index (χ4v) is 1.15. The number of methoxy groups -OCH3 is 1. The van der Waals surface area contributed by atoms with Gasteiger partial charge in [-0.15, -0.1) is 0 Å². The summed E-state index contributed by atoms with van der Waals surface area (Å²) >= 11 is 0. The molecular formula is C9H13NO3. The van der Waals surface area contributed by atoms with E-state index in [1.54, 1.807) is 19.2 Å². The highest BCUT2D eigenvalue weighted by Crippen LogP contribution is 2.25. The van der Waals surface area contributed by atoms with E-state index < -0.39 is 6.10 Å². The molecule has 1 aromatic rings. The molecule has 0 aliphatic heterocycles. The van der Waals surface area contributed by atoms with E-state index in [9.17, 15) is 0 Å². The Hall–Kier alpha value is -1.10. The van der Waals surface area contributed by atoms with Crippen LogP contribution in [0, 0.1) is 0 Å². The number of aliphatic hydroxyl groups excluding tert-OH is 1. The van der Waals surface area contributed by atoms with Crippen molar-refractivity contribution in [1.29, 1.82) is 0 Å². The molecule has 1 atom stereocenters. The molecule has 4 heteroatoms. The van der Waals surface area contributed by atoms with Crippen LogP contribution in [0.4, 0.5) is 0 Å². The molecule has 0 aliphatic rings. The first kappa shape index (κ1) is 9.98. The molecule has 0 fully saturated rings. The first-order valence-corrected chi connectivity index (χ1v) is 3.92. The number of aliphatic hydroxyl groups is 1. The van der Waals surface area contributed by atoms with Crippen LogP contribution in [-0.4, -0.2) is 18.8 Å². The van der Waals surface area contributed by atoms with Crippen LogP contribution in [0.1, 0.15) is 11.7 Å². The van der Waals surface area contributed by atoms with Crippen molar-refractivity contribution in [1.82, 2.24) is 0 Å². The lowest BCUT2D eigenvalue weighted by Crippen LogP contribution is -2.13. The molecular weight excluding hydrogens is 170 g/mol. The predicted octanol–water partition coefficient (Wildman–Crippen LogP) is 0.619. The van der Waals surface area contributed by atoms with Crippen LogP contribution in [0.15, 0.2) is 24.3 Å². The van der Waals surface area contributed by atoms with Gasteiger partial charge in [-0.25, -0.2) is 5.90 Å². The Morgan fingerprint density at radius 1 is 1.46 bits per heavy atom. The maximum absolute atomic E-state index is 8.94. The second-order valence-corrected chi connectivity index (χ2v) is 2.55. The molecule has 0 saturated carbocycles. The summed E-state index contributed by atoms with van der Waals surface area (Å²) in [5, 5.41) is 8.94. The third-order valence-electron chi connectivity index (χ3n) is 1.82. The van der Waals surface area contributed by atoms with E-state index in [1.807, 2.05) is 12.1 Å². The van der Waals surface area contributed by atoms with E-state index in [0.717, 1.165) is 5.56 Å². The third kappa shape index (κ3) is 2.18. The van der Waals surface area contributed by atoms with Crippen LogP contribution in [0.5, 0.6) is 5.75 Å². The van der Waals surface area contributed by atoms with Crippen molar-refractivity contribution in [3.63, 3.8) is 0 Å². The summed E-state index contributed by atoms with van der Waals surface area (Å²) in [7, 11) is 1.56. The van der Waals surface area contributed by atoms with Crippen molar-refractivity contribution in [2.75, 3.05) is 13.7 Å². The Balaban J connectivity index is 2.96. The summed E-state index contributed by atoms with van der Waals surface area (Å²) in [5.74, 6) is 5.68. The molecule has 0 heterocycles. The average molecular weight is 183 g/mol. The van der Waals surface area contributed by atoms with Gasteiger partial charge in [0, 0.05) is 5.56 Å². The Morgan fingerprint density at radius 2 is 2.15 bits per heavy atom. The lowest BCUT2D eigenvalue weighted by Gasteiger charge is -2.14. The molecule has 0 radical (unpaired) electrons. The molecule has 0 aromatic heterocycles. The molecule has 4 nitrogen and oxygen atoms in total. The van der Waals surface area contributed by atoms with Gasteiger partial charge in [-0.3, -0.25) is 4.84 Å². The molecule has 1 unspecified atom stereocenters. The smallest absolute Gasteiger partial charge is 0.130 e. The minimum atomic E-state index is -0.531. The zero-order valence-corrected chi connectivity index (χ0v) is 7.43. The highest BCUT2D eigenvalue weighted by Gasteiger charge is 2.13.